The first kappa shape index (κ1) is 18.9. The average molecular weight is 402 g/mol. The maximum Gasteiger partial charge on any atom is 0.231 e. The van der Waals surface area contributed by atoms with Crippen molar-refractivity contribution in [1.29, 1.82) is 0 Å². The van der Waals surface area contributed by atoms with Crippen molar-refractivity contribution in [1.82, 2.24) is 0 Å². The Kier molecular flexibility index (Phi) is 4.58. The van der Waals surface area contributed by atoms with Gasteiger partial charge in [-0.25, -0.2) is 0 Å². The summed E-state index contributed by atoms with van der Waals surface area (Å²) in [5.41, 5.74) is 10.0. The normalized spacial score (nSPS) is 16.3. The fourth-order valence-electron chi connectivity index (χ4n) is 4.57. The van der Waals surface area contributed by atoms with Crippen LogP contribution in [0.1, 0.15) is 44.9 Å². The minimum atomic E-state index is 0.269. The lowest BCUT2D eigenvalue weighted by Gasteiger charge is -2.21. The largest absolute Gasteiger partial charge is 0.492 e. The van der Waals surface area contributed by atoms with Gasteiger partial charge in [0.2, 0.25) is 6.79 Å². The molecule has 0 fully saturated rings. The zero-order chi connectivity index (χ0) is 20.8. The summed E-state index contributed by atoms with van der Waals surface area (Å²) in [6.45, 7) is 10.4. The first-order chi connectivity index (χ1) is 14.5. The van der Waals surface area contributed by atoms with Crippen LogP contribution in [0.15, 0.2) is 42.5 Å². The Hall–Kier alpha value is -3.14. The molecule has 0 bridgehead atoms. The quantitative estimate of drug-likeness (QED) is 0.601. The minimum absolute atomic E-state index is 0.269. The Morgan fingerprint density at radius 2 is 1.60 bits per heavy atom. The van der Waals surface area contributed by atoms with Gasteiger partial charge in [0.15, 0.2) is 11.5 Å². The third kappa shape index (κ3) is 3.07. The topological polar surface area (TPSA) is 39.7 Å². The number of aryl methyl sites for hydroxylation is 1. The maximum atomic E-state index is 6.20. The maximum absolute atomic E-state index is 6.20. The van der Waals surface area contributed by atoms with Crippen LogP contribution in [0.25, 0.3) is 0 Å². The van der Waals surface area contributed by atoms with E-state index in [1.165, 1.54) is 44.6 Å². The molecule has 0 radical (unpaired) electrons. The lowest BCUT2D eigenvalue weighted by molar-refractivity contribution is 0.174. The second-order valence-corrected chi connectivity index (χ2v) is 8.31. The van der Waals surface area contributed by atoms with E-state index in [0.29, 0.717) is 13.4 Å². The number of hydrogen-bond acceptors (Lipinski definition) is 4. The average Bonchev–Trinajstić information content (AvgIpc) is 3.39. The molecule has 3 aromatic carbocycles. The standard InChI is InChI=1S/C26H27NO3/c1-15-5-8-20(9-6-15)21-13-28-26-17(3)16(2)25(18(4)24(21)26)27-12-19-7-10-22-23(11-19)30-14-29-22/h5-11,21,27H,12-14H2,1-4H3. The molecular formula is C26H27NO3. The van der Waals surface area contributed by atoms with Crippen LogP contribution in [0.5, 0.6) is 17.2 Å². The lowest BCUT2D eigenvalue weighted by Crippen LogP contribution is -2.08. The van der Waals surface area contributed by atoms with E-state index in [0.717, 1.165) is 23.8 Å². The van der Waals surface area contributed by atoms with Gasteiger partial charge >= 0.3 is 0 Å². The van der Waals surface area contributed by atoms with Crippen LogP contribution in [0.4, 0.5) is 5.69 Å². The molecule has 1 unspecified atom stereocenters. The zero-order valence-electron chi connectivity index (χ0n) is 18.0. The molecule has 2 heterocycles. The number of anilines is 1. The molecule has 4 nitrogen and oxygen atoms in total. The highest BCUT2D eigenvalue weighted by Crippen LogP contribution is 2.47. The number of hydrogen-bond donors (Lipinski definition) is 1. The van der Waals surface area contributed by atoms with E-state index in [1.54, 1.807) is 0 Å². The van der Waals surface area contributed by atoms with Crippen molar-refractivity contribution in [3.8, 4) is 17.2 Å². The number of nitrogens with one attached hydrogen (secondary N) is 1. The van der Waals surface area contributed by atoms with Crippen LogP contribution in [-0.2, 0) is 6.54 Å². The van der Waals surface area contributed by atoms with Crippen molar-refractivity contribution in [3.63, 3.8) is 0 Å². The van der Waals surface area contributed by atoms with Gasteiger partial charge in [-0.15, -0.1) is 0 Å². The molecule has 154 valence electrons. The summed E-state index contributed by atoms with van der Waals surface area (Å²) in [6.07, 6.45) is 0. The second-order valence-electron chi connectivity index (χ2n) is 8.31. The van der Waals surface area contributed by atoms with E-state index >= 15 is 0 Å². The van der Waals surface area contributed by atoms with Gasteiger partial charge < -0.3 is 19.5 Å². The molecule has 0 aromatic heterocycles. The third-order valence-electron chi connectivity index (χ3n) is 6.43. The summed E-state index contributed by atoms with van der Waals surface area (Å²) in [5, 5.41) is 3.69. The molecule has 1 atom stereocenters. The predicted octanol–water partition coefficient (Wildman–Crippen LogP) is 5.79. The summed E-state index contributed by atoms with van der Waals surface area (Å²) in [6, 6.07) is 14.9. The van der Waals surface area contributed by atoms with E-state index < -0.39 is 0 Å². The summed E-state index contributed by atoms with van der Waals surface area (Å²) in [7, 11) is 0. The van der Waals surface area contributed by atoms with Gasteiger partial charge in [-0.05, 0) is 67.6 Å². The molecule has 3 aromatic rings. The summed E-state index contributed by atoms with van der Waals surface area (Å²) in [4.78, 5) is 0. The number of rotatable bonds is 4. The smallest absolute Gasteiger partial charge is 0.231 e. The first-order valence-corrected chi connectivity index (χ1v) is 10.5. The van der Waals surface area contributed by atoms with Crippen molar-refractivity contribution >= 4 is 5.69 Å². The van der Waals surface area contributed by atoms with Crippen LogP contribution >= 0.6 is 0 Å². The van der Waals surface area contributed by atoms with Crippen molar-refractivity contribution < 1.29 is 14.2 Å². The Labute approximate surface area is 177 Å². The summed E-state index contributed by atoms with van der Waals surface area (Å²) in [5.74, 6) is 2.97. The molecule has 0 saturated heterocycles. The van der Waals surface area contributed by atoms with Crippen LogP contribution < -0.4 is 19.5 Å². The summed E-state index contributed by atoms with van der Waals surface area (Å²) >= 11 is 0. The van der Waals surface area contributed by atoms with E-state index in [1.807, 2.05) is 6.07 Å². The lowest BCUT2D eigenvalue weighted by atomic mass is 9.86. The molecule has 0 amide bonds. The van der Waals surface area contributed by atoms with Crippen LogP contribution in [0, 0.1) is 27.7 Å². The molecule has 1 N–H and O–H groups in total. The van der Waals surface area contributed by atoms with E-state index in [-0.39, 0.29) is 5.92 Å². The predicted molar refractivity (Wildman–Crippen MR) is 119 cm³/mol. The fraction of sp³-hybridized carbons (Fsp3) is 0.308. The molecule has 4 heteroatoms. The van der Waals surface area contributed by atoms with Crippen molar-refractivity contribution in [2.24, 2.45) is 0 Å². The van der Waals surface area contributed by atoms with Crippen LogP contribution in [0.2, 0.25) is 0 Å². The van der Waals surface area contributed by atoms with Gasteiger partial charge in [-0.2, -0.15) is 0 Å². The van der Waals surface area contributed by atoms with E-state index in [4.69, 9.17) is 14.2 Å². The Balaban J connectivity index is 1.48. The minimum Gasteiger partial charge on any atom is -0.492 e. The summed E-state index contributed by atoms with van der Waals surface area (Å²) < 4.78 is 17.1. The highest BCUT2D eigenvalue weighted by Gasteiger charge is 2.31. The first-order valence-electron chi connectivity index (χ1n) is 10.5. The van der Waals surface area contributed by atoms with Gasteiger partial charge in [-0.1, -0.05) is 35.9 Å². The SMILES string of the molecule is Cc1ccc(C2COc3c(C)c(C)c(NCc4ccc5c(c4)OCO5)c(C)c32)cc1. The molecule has 0 spiro atoms. The van der Waals surface area contributed by atoms with Crippen molar-refractivity contribution in [2.45, 2.75) is 40.2 Å². The molecule has 0 saturated carbocycles. The highest BCUT2D eigenvalue weighted by molar-refractivity contribution is 5.70. The molecule has 2 aliphatic rings. The zero-order valence-corrected chi connectivity index (χ0v) is 18.0. The van der Waals surface area contributed by atoms with E-state index in [9.17, 15) is 0 Å². The van der Waals surface area contributed by atoms with Crippen LogP contribution in [0.3, 0.4) is 0 Å². The monoisotopic (exact) mass is 401 g/mol. The Bertz CT molecular complexity index is 1120. The van der Waals surface area contributed by atoms with Crippen molar-refractivity contribution in [3.05, 3.63) is 81.4 Å². The number of benzene rings is 3. The van der Waals surface area contributed by atoms with Crippen molar-refractivity contribution in [2.75, 3.05) is 18.7 Å². The third-order valence-corrected chi connectivity index (χ3v) is 6.43. The Morgan fingerprint density at radius 3 is 2.40 bits per heavy atom. The van der Waals surface area contributed by atoms with Gasteiger partial charge in [-0.3, -0.25) is 0 Å². The molecule has 2 aliphatic heterocycles. The highest BCUT2D eigenvalue weighted by atomic mass is 16.7. The number of fused-ring (bicyclic) bond motifs is 2. The molecule has 0 aliphatic carbocycles. The molecule has 5 rings (SSSR count). The van der Waals surface area contributed by atoms with Gasteiger partial charge in [0.05, 0.1) is 6.61 Å². The van der Waals surface area contributed by atoms with Gasteiger partial charge in [0.25, 0.3) is 0 Å². The number of ether oxygens (including phenoxy) is 3. The van der Waals surface area contributed by atoms with E-state index in [2.05, 4.69) is 69.4 Å². The molecule has 30 heavy (non-hydrogen) atoms. The van der Waals surface area contributed by atoms with Crippen LogP contribution in [-0.4, -0.2) is 13.4 Å². The fourth-order valence-corrected chi connectivity index (χ4v) is 4.57. The second kappa shape index (κ2) is 7.28. The van der Waals surface area contributed by atoms with Gasteiger partial charge in [0.1, 0.15) is 5.75 Å². The van der Waals surface area contributed by atoms with Gasteiger partial charge in [0, 0.05) is 23.7 Å². The molecular weight excluding hydrogens is 374 g/mol. The Morgan fingerprint density at radius 1 is 0.833 bits per heavy atom.